The highest BCUT2D eigenvalue weighted by molar-refractivity contribution is 7.98. The second-order valence-corrected chi connectivity index (χ2v) is 4.36. The Hall–Kier alpha value is -1.03. The third-order valence-electron chi connectivity index (χ3n) is 2.21. The van der Waals surface area contributed by atoms with Crippen molar-refractivity contribution in [2.75, 3.05) is 12.0 Å². The summed E-state index contributed by atoms with van der Waals surface area (Å²) < 4.78 is 0. The van der Waals surface area contributed by atoms with E-state index in [1.807, 2.05) is 23.9 Å². The number of rotatable bonds is 6. The maximum Gasteiger partial charge on any atom is 0.269 e. The van der Waals surface area contributed by atoms with Crippen LogP contribution in [0.3, 0.4) is 0 Å². The third-order valence-corrected chi connectivity index (χ3v) is 2.91. The highest BCUT2D eigenvalue weighted by atomic mass is 32.2. The van der Waals surface area contributed by atoms with E-state index in [4.69, 9.17) is 0 Å². The fourth-order valence-electron chi connectivity index (χ4n) is 1.36. The molecular formula is C11H15NO2S. The molecule has 0 atom stereocenters. The van der Waals surface area contributed by atoms with E-state index in [1.165, 1.54) is 17.7 Å². The van der Waals surface area contributed by atoms with Crippen molar-refractivity contribution in [3.8, 4) is 0 Å². The first kappa shape index (κ1) is 12.0. The van der Waals surface area contributed by atoms with Gasteiger partial charge in [-0.15, -0.1) is 0 Å². The molecule has 0 amide bonds. The number of aryl methyl sites for hydroxylation is 1. The average Bonchev–Trinajstić information content (AvgIpc) is 2.25. The number of nitrogens with zero attached hydrogens (tertiary/aromatic N) is 1. The molecule has 0 bridgehead atoms. The van der Waals surface area contributed by atoms with E-state index in [9.17, 15) is 10.1 Å². The van der Waals surface area contributed by atoms with Crippen molar-refractivity contribution in [1.82, 2.24) is 0 Å². The number of non-ortho nitro benzene ring substituents is 1. The van der Waals surface area contributed by atoms with Crippen LogP contribution in [0.1, 0.15) is 18.4 Å². The van der Waals surface area contributed by atoms with Crippen molar-refractivity contribution in [3.05, 3.63) is 39.9 Å². The molecule has 1 aromatic carbocycles. The van der Waals surface area contributed by atoms with Crippen LogP contribution in [0.2, 0.25) is 0 Å². The molecule has 0 fully saturated rings. The highest BCUT2D eigenvalue weighted by Crippen LogP contribution is 2.14. The van der Waals surface area contributed by atoms with Crippen molar-refractivity contribution >= 4 is 17.4 Å². The van der Waals surface area contributed by atoms with E-state index < -0.39 is 0 Å². The fraction of sp³-hybridized carbons (Fsp3) is 0.455. The summed E-state index contributed by atoms with van der Waals surface area (Å²) in [6.45, 7) is 0. The number of hydrogen-bond donors (Lipinski definition) is 0. The zero-order valence-electron chi connectivity index (χ0n) is 8.81. The smallest absolute Gasteiger partial charge is 0.258 e. The van der Waals surface area contributed by atoms with E-state index in [1.54, 1.807) is 12.1 Å². The lowest BCUT2D eigenvalue weighted by atomic mass is 10.1. The van der Waals surface area contributed by atoms with Gasteiger partial charge < -0.3 is 0 Å². The normalized spacial score (nSPS) is 10.2. The molecule has 0 saturated carbocycles. The summed E-state index contributed by atoms with van der Waals surface area (Å²) in [6.07, 6.45) is 5.47. The minimum absolute atomic E-state index is 0.169. The van der Waals surface area contributed by atoms with E-state index in [0.29, 0.717) is 0 Å². The Morgan fingerprint density at radius 2 is 1.93 bits per heavy atom. The molecule has 0 heterocycles. The standard InChI is InChI=1S/C11H15NO2S/c1-15-9-3-2-4-10-5-7-11(8-6-10)12(13)14/h5-8H,2-4,9H2,1H3. The number of thioether (sulfide) groups is 1. The Bertz CT molecular complexity index is 311. The topological polar surface area (TPSA) is 43.1 Å². The quantitative estimate of drug-likeness (QED) is 0.424. The monoisotopic (exact) mass is 225 g/mol. The number of nitro groups is 1. The second-order valence-electron chi connectivity index (χ2n) is 3.37. The molecule has 1 rings (SSSR count). The number of benzene rings is 1. The Morgan fingerprint density at radius 1 is 1.27 bits per heavy atom. The van der Waals surface area contributed by atoms with Crippen LogP contribution in [0.5, 0.6) is 0 Å². The third kappa shape index (κ3) is 4.34. The lowest BCUT2D eigenvalue weighted by molar-refractivity contribution is -0.384. The first-order valence-electron chi connectivity index (χ1n) is 4.96. The summed E-state index contributed by atoms with van der Waals surface area (Å²) in [5.74, 6) is 1.19. The lowest BCUT2D eigenvalue weighted by Crippen LogP contribution is -1.90. The zero-order valence-corrected chi connectivity index (χ0v) is 9.63. The van der Waals surface area contributed by atoms with Crippen molar-refractivity contribution in [3.63, 3.8) is 0 Å². The number of hydrogen-bond acceptors (Lipinski definition) is 3. The van der Waals surface area contributed by atoms with Crippen molar-refractivity contribution in [2.45, 2.75) is 19.3 Å². The van der Waals surface area contributed by atoms with Crippen LogP contribution < -0.4 is 0 Å². The van der Waals surface area contributed by atoms with Gasteiger partial charge in [-0.25, -0.2) is 0 Å². The maximum atomic E-state index is 10.4. The van der Waals surface area contributed by atoms with Gasteiger partial charge in [0.2, 0.25) is 0 Å². The predicted octanol–water partition coefficient (Wildman–Crippen LogP) is 3.28. The molecule has 3 nitrogen and oxygen atoms in total. The maximum absolute atomic E-state index is 10.4. The van der Waals surface area contributed by atoms with Gasteiger partial charge in [0, 0.05) is 12.1 Å². The molecule has 0 unspecified atom stereocenters. The van der Waals surface area contributed by atoms with Gasteiger partial charge in [0.15, 0.2) is 0 Å². The minimum atomic E-state index is -0.364. The van der Waals surface area contributed by atoms with Gasteiger partial charge >= 0.3 is 0 Å². The van der Waals surface area contributed by atoms with Crippen LogP contribution in [0.4, 0.5) is 5.69 Å². The van der Waals surface area contributed by atoms with Gasteiger partial charge in [-0.3, -0.25) is 10.1 Å². The van der Waals surface area contributed by atoms with Gasteiger partial charge in [-0.2, -0.15) is 11.8 Å². The van der Waals surface area contributed by atoms with E-state index in [2.05, 4.69) is 6.26 Å². The molecule has 4 heteroatoms. The Labute approximate surface area is 94.0 Å². The van der Waals surface area contributed by atoms with Gasteiger partial charge in [-0.05, 0) is 36.8 Å². The Morgan fingerprint density at radius 3 is 2.47 bits per heavy atom. The summed E-state index contributed by atoms with van der Waals surface area (Å²) in [7, 11) is 0. The Balaban J connectivity index is 2.39. The van der Waals surface area contributed by atoms with Crippen molar-refractivity contribution in [2.24, 2.45) is 0 Å². The fourth-order valence-corrected chi connectivity index (χ4v) is 1.85. The van der Waals surface area contributed by atoms with Gasteiger partial charge in [0.1, 0.15) is 0 Å². The van der Waals surface area contributed by atoms with E-state index in [0.717, 1.165) is 12.8 Å². The molecule has 15 heavy (non-hydrogen) atoms. The SMILES string of the molecule is CSCCCCc1ccc([N+](=O)[O-])cc1. The minimum Gasteiger partial charge on any atom is -0.258 e. The van der Waals surface area contributed by atoms with Crippen LogP contribution in [0.25, 0.3) is 0 Å². The van der Waals surface area contributed by atoms with Gasteiger partial charge in [0.05, 0.1) is 4.92 Å². The van der Waals surface area contributed by atoms with E-state index in [-0.39, 0.29) is 10.6 Å². The first-order valence-corrected chi connectivity index (χ1v) is 6.35. The largest absolute Gasteiger partial charge is 0.269 e. The molecule has 0 aliphatic rings. The first-order chi connectivity index (χ1) is 7.24. The Kier molecular flexibility index (Phi) is 5.18. The van der Waals surface area contributed by atoms with Crippen LogP contribution in [-0.4, -0.2) is 16.9 Å². The summed E-state index contributed by atoms with van der Waals surface area (Å²) in [4.78, 5) is 10.1. The van der Waals surface area contributed by atoms with Crippen LogP contribution >= 0.6 is 11.8 Å². The molecule has 0 saturated heterocycles. The van der Waals surface area contributed by atoms with Gasteiger partial charge in [-0.1, -0.05) is 12.1 Å². The summed E-state index contributed by atoms with van der Waals surface area (Å²) in [6, 6.07) is 6.84. The molecule has 0 spiro atoms. The van der Waals surface area contributed by atoms with Crippen LogP contribution in [-0.2, 0) is 6.42 Å². The number of nitro benzene ring substituents is 1. The molecule has 0 aromatic heterocycles. The van der Waals surface area contributed by atoms with Gasteiger partial charge in [0.25, 0.3) is 5.69 Å². The summed E-state index contributed by atoms with van der Waals surface area (Å²) in [5.41, 5.74) is 1.35. The van der Waals surface area contributed by atoms with Crippen LogP contribution in [0.15, 0.2) is 24.3 Å². The second kappa shape index (κ2) is 6.45. The predicted molar refractivity (Wildman–Crippen MR) is 64.4 cm³/mol. The molecular weight excluding hydrogens is 210 g/mol. The van der Waals surface area contributed by atoms with Crippen molar-refractivity contribution in [1.29, 1.82) is 0 Å². The zero-order chi connectivity index (χ0) is 11.1. The summed E-state index contributed by atoms with van der Waals surface area (Å²) in [5, 5.41) is 10.4. The highest BCUT2D eigenvalue weighted by Gasteiger charge is 2.03. The molecule has 82 valence electrons. The average molecular weight is 225 g/mol. The molecule has 1 aromatic rings. The number of unbranched alkanes of at least 4 members (excludes halogenated alkanes) is 1. The van der Waals surface area contributed by atoms with Crippen molar-refractivity contribution < 1.29 is 4.92 Å². The van der Waals surface area contributed by atoms with Crippen LogP contribution in [0, 0.1) is 10.1 Å². The van der Waals surface area contributed by atoms with E-state index >= 15 is 0 Å². The lowest BCUT2D eigenvalue weighted by Gasteiger charge is -2.00. The molecule has 0 aliphatic carbocycles. The molecule has 0 aliphatic heterocycles. The molecule has 0 N–H and O–H groups in total. The molecule has 0 radical (unpaired) electrons. The summed E-state index contributed by atoms with van der Waals surface area (Å²) >= 11 is 1.85.